The fraction of sp³-hybridized carbons (Fsp3) is 0.615. The normalized spacial score (nSPS) is 18.8. The highest BCUT2D eigenvalue weighted by Gasteiger charge is 2.26. The molecule has 0 saturated carbocycles. The Hall–Kier alpha value is -1.63. The van der Waals surface area contributed by atoms with Crippen molar-refractivity contribution >= 4 is 23.3 Å². The van der Waals surface area contributed by atoms with Gasteiger partial charge in [0.05, 0.1) is 6.54 Å². The number of rotatable bonds is 5. The minimum Gasteiger partial charge on any atom is -0.481 e. The number of nitrogens with zero attached hydrogens (tertiary/aromatic N) is 2. The Bertz CT molecular complexity index is 450. The highest BCUT2D eigenvalue weighted by molar-refractivity contribution is 7.09. The molecular weight excluding hydrogens is 278 g/mol. The van der Waals surface area contributed by atoms with Crippen LogP contribution in [0.1, 0.15) is 37.1 Å². The Balaban J connectivity index is 1.86. The van der Waals surface area contributed by atoms with Crippen LogP contribution in [-0.4, -0.2) is 39.6 Å². The topological polar surface area (TPSA) is 82.5 Å². The van der Waals surface area contributed by atoms with Gasteiger partial charge in [-0.25, -0.2) is 9.78 Å². The van der Waals surface area contributed by atoms with Gasteiger partial charge in [-0.1, -0.05) is 0 Å². The number of likely N-dealkylation sites (tertiary alicyclic amines) is 1. The number of carboxylic acid groups (broad SMARTS) is 1. The Kier molecular flexibility index (Phi) is 5.34. The van der Waals surface area contributed by atoms with Gasteiger partial charge >= 0.3 is 12.0 Å². The maximum absolute atomic E-state index is 12.2. The summed E-state index contributed by atoms with van der Waals surface area (Å²) < 4.78 is 0. The third-order valence-electron chi connectivity index (χ3n) is 3.45. The molecule has 0 aromatic carbocycles. The zero-order chi connectivity index (χ0) is 14.4. The number of urea groups is 1. The lowest BCUT2D eigenvalue weighted by Gasteiger charge is -2.35. The smallest absolute Gasteiger partial charge is 0.317 e. The summed E-state index contributed by atoms with van der Waals surface area (Å²) in [7, 11) is 0. The molecule has 6 nitrogen and oxygen atoms in total. The quantitative estimate of drug-likeness (QED) is 0.871. The standard InChI is InChI=1S/C13H19N3O3S/c17-12(18)5-4-10-3-1-2-7-16(10)13(19)15-9-11-14-6-8-20-11/h6,8,10H,1-5,7,9H2,(H,15,19)(H,17,18). The summed E-state index contributed by atoms with van der Waals surface area (Å²) in [4.78, 5) is 28.8. The van der Waals surface area contributed by atoms with Crippen LogP contribution in [0.4, 0.5) is 4.79 Å². The molecule has 2 rings (SSSR count). The Morgan fingerprint density at radius 2 is 2.35 bits per heavy atom. The molecule has 0 bridgehead atoms. The van der Waals surface area contributed by atoms with Crippen molar-refractivity contribution in [1.82, 2.24) is 15.2 Å². The van der Waals surface area contributed by atoms with E-state index >= 15 is 0 Å². The summed E-state index contributed by atoms with van der Waals surface area (Å²) in [5.41, 5.74) is 0. The number of piperidine rings is 1. The maximum Gasteiger partial charge on any atom is 0.317 e. The third-order valence-corrected chi connectivity index (χ3v) is 4.23. The highest BCUT2D eigenvalue weighted by Crippen LogP contribution is 2.21. The summed E-state index contributed by atoms with van der Waals surface area (Å²) in [6, 6.07) is -0.0774. The van der Waals surface area contributed by atoms with Crippen LogP contribution in [0.2, 0.25) is 0 Å². The SMILES string of the molecule is O=C(O)CCC1CCCCN1C(=O)NCc1nccs1. The van der Waals surface area contributed by atoms with Gasteiger partial charge in [-0.2, -0.15) is 0 Å². The van der Waals surface area contributed by atoms with E-state index in [-0.39, 0.29) is 18.5 Å². The van der Waals surface area contributed by atoms with Crippen molar-refractivity contribution in [2.45, 2.75) is 44.7 Å². The number of aromatic nitrogens is 1. The lowest BCUT2D eigenvalue weighted by Crippen LogP contribution is -2.48. The lowest BCUT2D eigenvalue weighted by atomic mass is 9.98. The second-order valence-electron chi connectivity index (χ2n) is 4.86. The minimum atomic E-state index is -0.807. The average molecular weight is 297 g/mol. The lowest BCUT2D eigenvalue weighted by molar-refractivity contribution is -0.137. The van der Waals surface area contributed by atoms with Gasteiger partial charge in [-0.15, -0.1) is 11.3 Å². The molecule has 2 N–H and O–H groups in total. The van der Waals surface area contributed by atoms with Gasteiger partial charge in [-0.05, 0) is 25.7 Å². The zero-order valence-corrected chi connectivity index (χ0v) is 12.1. The molecule has 0 aliphatic carbocycles. The molecule has 1 aromatic heterocycles. The molecule has 7 heteroatoms. The number of carbonyl (C=O) groups is 2. The van der Waals surface area contributed by atoms with E-state index in [1.54, 1.807) is 11.1 Å². The molecule has 110 valence electrons. The van der Waals surface area contributed by atoms with Crippen molar-refractivity contribution < 1.29 is 14.7 Å². The number of thiazole rings is 1. The van der Waals surface area contributed by atoms with Gasteiger partial charge in [-0.3, -0.25) is 4.79 Å². The maximum atomic E-state index is 12.2. The summed E-state index contributed by atoms with van der Waals surface area (Å²) in [6.07, 6.45) is 5.27. The number of aliphatic carboxylic acids is 1. The number of hydrogen-bond acceptors (Lipinski definition) is 4. The molecule has 1 fully saturated rings. The van der Waals surface area contributed by atoms with E-state index in [9.17, 15) is 9.59 Å². The first-order chi connectivity index (χ1) is 9.66. The first-order valence-corrected chi connectivity index (χ1v) is 7.69. The van der Waals surface area contributed by atoms with E-state index in [0.29, 0.717) is 19.5 Å². The van der Waals surface area contributed by atoms with Crippen LogP contribution in [0.15, 0.2) is 11.6 Å². The van der Waals surface area contributed by atoms with Crippen molar-refractivity contribution in [3.8, 4) is 0 Å². The van der Waals surface area contributed by atoms with Crippen molar-refractivity contribution in [3.63, 3.8) is 0 Å². The number of carbonyl (C=O) groups excluding carboxylic acids is 1. The van der Waals surface area contributed by atoms with E-state index in [2.05, 4.69) is 10.3 Å². The summed E-state index contributed by atoms with van der Waals surface area (Å²) in [5, 5.41) is 14.4. The molecule has 20 heavy (non-hydrogen) atoms. The molecule has 1 aromatic rings. The molecule has 1 atom stereocenters. The van der Waals surface area contributed by atoms with Gasteiger partial charge in [0.2, 0.25) is 0 Å². The van der Waals surface area contributed by atoms with Crippen LogP contribution in [0.25, 0.3) is 0 Å². The number of hydrogen-bond donors (Lipinski definition) is 2. The van der Waals surface area contributed by atoms with E-state index in [0.717, 1.165) is 24.3 Å². The second-order valence-corrected chi connectivity index (χ2v) is 5.84. The fourth-order valence-corrected chi connectivity index (χ4v) is 3.01. The van der Waals surface area contributed by atoms with E-state index < -0.39 is 5.97 Å². The Morgan fingerprint density at radius 3 is 3.05 bits per heavy atom. The zero-order valence-electron chi connectivity index (χ0n) is 11.2. The average Bonchev–Trinajstić information content (AvgIpc) is 2.96. The van der Waals surface area contributed by atoms with Crippen molar-refractivity contribution in [2.75, 3.05) is 6.54 Å². The van der Waals surface area contributed by atoms with Gasteiger partial charge in [0.15, 0.2) is 0 Å². The van der Waals surface area contributed by atoms with Crippen LogP contribution in [0.5, 0.6) is 0 Å². The molecule has 0 spiro atoms. The van der Waals surface area contributed by atoms with Crippen LogP contribution >= 0.6 is 11.3 Å². The molecule has 2 heterocycles. The van der Waals surface area contributed by atoms with Crippen molar-refractivity contribution in [3.05, 3.63) is 16.6 Å². The molecule has 0 radical (unpaired) electrons. The summed E-state index contributed by atoms with van der Waals surface area (Å²) in [6.45, 7) is 1.13. The monoisotopic (exact) mass is 297 g/mol. The predicted molar refractivity (Wildman–Crippen MR) is 75.6 cm³/mol. The van der Waals surface area contributed by atoms with Crippen LogP contribution in [0, 0.1) is 0 Å². The van der Waals surface area contributed by atoms with Crippen LogP contribution in [0.3, 0.4) is 0 Å². The molecule has 1 aliphatic heterocycles. The van der Waals surface area contributed by atoms with E-state index in [1.807, 2.05) is 5.38 Å². The van der Waals surface area contributed by atoms with Gasteiger partial charge in [0.25, 0.3) is 0 Å². The third kappa shape index (κ3) is 4.19. The molecule has 1 saturated heterocycles. The Labute approximate surface area is 121 Å². The van der Waals surface area contributed by atoms with Crippen molar-refractivity contribution in [2.24, 2.45) is 0 Å². The largest absolute Gasteiger partial charge is 0.481 e. The number of amides is 2. The van der Waals surface area contributed by atoms with Crippen molar-refractivity contribution in [1.29, 1.82) is 0 Å². The highest BCUT2D eigenvalue weighted by atomic mass is 32.1. The summed E-state index contributed by atoms with van der Waals surface area (Å²) >= 11 is 1.50. The molecule has 2 amide bonds. The predicted octanol–water partition coefficient (Wildman–Crippen LogP) is 2.07. The van der Waals surface area contributed by atoms with E-state index in [4.69, 9.17) is 5.11 Å². The minimum absolute atomic E-state index is 0.0381. The van der Waals surface area contributed by atoms with Gasteiger partial charge in [0.1, 0.15) is 5.01 Å². The van der Waals surface area contributed by atoms with Crippen LogP contribution in [-0.2, 0) is 11.3 Å². The summed E-state index contributed by atoms with van der Waals surface area (Å²) in [5.74, 6) is -0.807. The Morgan fingerprint density at radius 1 is 1.50 bits per heavy atom. The molecule has 1 unspecified atom stereocenters. The first-order valence-electron chi connectivity index (χ1n) is 6.81. The molecule has 1 aliphatic rings. The van der Waals surface area contributed by atoms with Crippen LogP contribution < -0.4 is 5.32 Å². The van der Waals surface area contributed by atoms with Gasteiger partial charge in [0, 0.05) is 30.6 Å². The van der Waals surface area contributed by atoms with E-state index in [1.165, 1.54) is 11.3 Å². The second kappa shape index (κ2) is 7.23. The number of nitrogens with one attached hydrogen (secondary N) is 1. The number of carboxylic acids is 1. The fourth-order valence-electron chi connectivity index (χ4n) is 2.45. The molecular formula is C13H19N3O3S. The first kappa shape index (κ1) is 14.8. The van der Waals surface area contributed by atoms with Gasteiger partial charge < -0.3 is 15.3 Å².